The highest BCUT2D eigenvalue weighted by Crippen LogP contribution is 2.33. The van der Waals surface area contributed by atoms with E-state index in [1.165, 1.54) is 17.7 Å². The predicted octanol–water partition coefficient (Wildman–Crippen LogP) is 3.11. The third kappa shape index (κ3) is 2.75. The first-order valence-electron chi connectivity index (χ1n) is 8.73. The molecule has 3 heterocycles. The van der Waals surface area contributed by atoms with Crippen LogP contribution in [0.5, 0.6) is 0 Å². The Kier molecular flexibility index (Phi) is 3.92. The zero-order valence-corrected chi connectivity index (χ0v) is 14.0. The molecule has 4 rings (SSSR count). The number of rotatable bonds is 2. The Labute approximate surface area is 142 Å². The normalized spacial score (nSPS) is 17.0. The molecule has 0 atom stereocenters. The number of carbonyl (C=O) groups excluding carboxylic acids is 1. The zero-order valence-electron chi connectivity index (χ0n) is 14.0. The molecular weight excluding hydrogens is 300 g/mol. The van der Waals surface area contributed by atoms with E-state index in [1.807, 2.05) is 24.0 Å². The Morgan fingerprint density at radius 2 is 1.83 bits per heavy atom. The van der Waals surface area contributed by atoms with Gasteiger partial charge in [0.15, 0.2) is 0 Å². The number of aromatic nitrogens is 2. The van der Waals surface area contributed by atoms with E-state index in [9.17, 15) is 4.79 Å². The van der Waals surface area contributed by atoms with E-state index in [0.29, 0.717) is 11.5 Å². The first-order valence-corrected chi connectivity index (χ1v) is 8.73. The molecular formula is C19H22N4O. The van der Waals surface area contributed by atoms with Crippen molar-refractivity contribution in [2.24, 2.45) is 0 Å². The predicted molar refractivity (Wildman–Crippen MR) is 93.7 cm³/mol. The van der Waals surface area contributed by atoms with E-state index in [-0.39, 0.29) is 5.91 Å². The van der Waals surface area contributed by atoms with Crippen LogP contribution in [0.15, 0.2) is 30.3 Å². The minimum atomic E-state index is 0.0360. The maximum atomic E-state index is 12.8. The molecule has 5 heteroatoms. The van der Waals surface area contributed by atoms with Crippen LogP contribution in [-0.2, 0) is 6.42 Å². The van der Waals surface area contributed by atoms with Crippen molar-refractivity contribution in [1.82, 2.24) is 14.9 Å². The Morgan fingerprint density at radius 1 is 1.04 bits per heavy atom. The Hall–Kier alpha value is -2.43. The molecule has 2 aliphatic heterocycles. The number of amides is 1. The van der Waals surface area contributed by atoms with Crippen molar-refractivity contribution in [3.05, 3.63) is 47.4 Å². The minimum Gasteiger partial charge on any atom is -0.337 e. The molecule has 24 heavy (non-hydrogen) atoms. The quantitative estimate of drug-likeness (QED) is 0.852. The molecule has 1 saturated heterocycles. The third-order valence-corrected chi connectivity index (χ3v) is 4.85. The topological polar surface area (TPSA) is 49.3 Å². The van der Waals surface area contributed by atoms with Crippen molar-refractivity contribution in [2.45, 2.75) is 32.6 Å². The molecule has 0 saturated carbocycles. The van der Waals surface area contributed by atoms with E-state index in [2.05, 4.69) is 33.1 Å². The molecule has 1 fully saturated rings. The monoisotopic (exact) mass is 322 g/mol. The number of benzene rings is 1. The van der Waals surface area contributed by atoms with Gasteiger partial charge >= 0.3 is 0 Å². The number of aryl methyl sites for hydroxylation is 1. The minimum absolute atomic E-state index is 0.0360. The van der Waals surface area contributed by atoms with Crippen LogP contribution in [0.4, 0.5) is 11.5 Å². The fraction of sp³-hybridized carbons (Fsp3) is 0.421. The van der Waals surface area contributed by atoms with Crippen LogP contribution in [0.2, 0.25) is 0 Å². The summed E-state index contributed by atoms with van der Waals surface area (Å²) in [5.74, 6) is 1.51. The van der Waals surface area contributed by atoms with Gasteiger partial charge in [-0.05, 0) is 44.2 Å². The van der Waals surface area contributed by atoms with Crippen molar-refractivity contribution in [3.63, 3.8) is 0 Å². The lowest BCUT2D eigenvalue weighted by atomic mass is 10.1. The largest absolute Gasteiger partial charge is 0.337 e. The molecule has 0 spiro atoms. The highest BCUT2D eigenvalue weighted by Gasteiger charge is 2.24. The summed E-state index contributed by atoms with van der Waals surface area (Å²) in [6.45, 7) is 4.43. The van der Waals surface area contributed by atoms with Crippen molar-refractivity contribution >= 4 is 17.4 Å². The van der Waals surface area contributed by atoms with E-state index in [1.54, 1.807) is 0 Å². The van der Waals surface area contributed by atoms with Crippen molar-refractivity contribution < 1.29 is 4.79 Å². The van der Waals surface area contributed by atoms with E-state index in [4.69, 9.17) is 0 Å². The Bertz CT molecular complexity index is 768. The maximum absolute atomic E-state index is 12.8. The van der Waals surface area contributed by atoms with Gasteiger partial charge in [0.25, 0.3) is 5.91 Å². The van der Waals surface area contributed by atoms with Gasteiger partial charge in [0.1, 0.15) is 17.3 Å². The van der Waals surface area contributed by atoms with Gasteiger partial charge < -0.3 is 9.80 Å². The SMILES string of the molecule is Cc1nc(C(=O)N2CCCCC2)cc(N2CCc3ccccc32)n1. The molecule has 2 aromatic rings. The number of fused-ring (bicyclic) bond motifs is 1. The van der Waals surface area contributed by atoms with E-state index in [0.717, 1.165) is 44.7 Å². The lowest BCUT2D eigenvalue weighted by Crippen LogP contribution is -2.36. The van der Waals surface area contributed by atoms with E-state index < -0.39 is 0 Å². The summed E-state index contributed by atoms with van der Waals surface area (Å²) in [6, 6.07) is 10.2. The summed E-state index contributed by atoms with van der Waals surface area (Å²) in [7, 11) is 0. The number of anilines is 2. The Morgan fingerprint density at radius 3 is 2.67 bits per heavy atom. The summed E-state index contributed by atoms with van der Waals surface area (Å²) in [5.41, 5.74) is 3.04. The fourth-order valence-corrected chi connectivity index (χ4v) is 3.63. The summed E-state index contributed by atoms with van der Waals surface area (Å²) < 4.78 is 0. The summed E-state index contributed by atoms with van der Waals surface area (Å²) >= 11 is 0. The van der Waals surface area contributed by atoms with Crippen LogP contribution in [-0.4, -0.2) is 40.4 Å². The molecule has 5 nitrogen and oxygen atoms in total. The van der Waals surface area contributed by atoms with Crippen molar-refractivity contribution in [3.8, 4) is 0 Å². The number of carbonyl (C=O) groups is 1. The van der Waals surface area contributed by atoms with Crippen LogP contribution >= 0.6 is 0 Å². The van der Waals surface area contributed by atoms with Gasteiger partial charge in [-0.15, -0.1) is 0 Å². The van der Waals surface area contributed by atoms with Gasteiger partial charge in [-0.2, -0.15) is 0 Å². The molecule has 0 radical (unpaired) electrons. The van der Waals surface area contributed by atoms with Crippen molar-refractivity contribution in [2.75, 3.05) is 24.5 Å². The third-order valence-electron chi connectivity index (χ3n) is 4.85. The van der Waals surface area contributed by atoms with Gasteiger partial charge in [-0.1, -0.05) is 18.2 Å². The number of hydrogen-bond donors (Lipinski definition) is 0. The second-order valence-corrected chi connectivity index (χ2v) is 6.54. The van der Waals surface area contributed by atoms with Crippen LogP contribution in [0.3, 0.4) is 0 Å². The molecule has 124 valence electrons. The maximum Gasteiger partial charge on any atom is 0.272 e. The van der Waals surface area contributed by atoms with Crippen LogP contribution in [0.1, 0.15) is 41.1 Å². The standard InChI is InChI=1S/C19H22N4O/c1-14-20-16(19(24)22-10-5-2-6-11-22)13-18(21-14)23-12-9-15-7-3-4-8-17(15)23/h3-4,7-8,13H,2,5-6,9-12H2,1H3. The molecule has 0 aliphatic carbocycles. The van der Waals surface area contributed by atoms with Crippen LogP contribution in [0.25, 0.3) is 0 Å². The summed E-state index contributed by atoms with van der Waals surface area (Å²) in [5, 5.41) is 0. The van der Waals surface area contributed by atoms with Crippen LogP contribution in [0, 0.1) is 6.92 Å². The number of piperidine rings is 1. The summed E-state index contributed by atoms with van der Waals surface area (Å²) in [4.78, 5) is 25.9. The summed E-state index contributed by atoms with van der Waals surface area (Å²) in [6.07, 6.45) is 4.39. The molecule has 1 aromatic heterocycles. The number of para-hydroxylation sites is 1. The zero-order chi connectivity index (χ0) is 16.5. The van der Waals surface area contributed by atoms with Gasteiger partial charge in [0, 0.05) is 31.4 Å². The molecule has 2 aliphatic rings. The molecule has 0 bridgehead atoms. The molecule has 1 aromatic carbocycles. The van der Waals surface area contributed by atoms with Crippen molar-refractivity contribution in [1.29, 1.82) is 0 Å². The lowest BCUT2D eigenvalue weighted by molar-refractivity contribution is 0.0718. The smallest absolute Gasteiger partial charge is 0.272 e. The average molecular weight is 322 g/mol. The number of nitrogens with zero attached hydrogens (tertiary/aromatic N) is 4. The molecule has 0 N–H and O–H groups in total. The fourth-order valence-electron chi connectivity index (χ4n) is 3.63. The lowest BCUT2D eigenvalue weighted by Gasteiger charge is -2.27. The van der Waals surface area contributed by atoms with Gasteiger partial charge in [-0.3, -0.25) is 4.79 Å². The first kappa shape index (κ1) is 15.1. The van der Waals surface area contributed by atoms with Gasteiger partial charge in [-0.25, -0.2) is 9.97 Å². The first-order chi connectivity index (χ1) is 11.7. The average Bonchev–Trinajstić information content (AvgIpc) is 3.05. The van der Waals surface area contributed by atoms with Crippen LogP contribution < -0.4 is 4.90 Å². The second-order valence-electron chi connectivity index (χ2n) is 6.54. The highest BCUT2D eigenvalue weighted by atomic mass is 16.2. The number of likely N-dealkylation sites (tertiary alicyclic amines) is 1. The molecule has 1 amide bonds. The second kappa shape index (κ2) is 6.23. The molecule has 0 unspecified atom stereocenters. The number of hydrogen-bond acceptors (Lipinski definition) is 4. The van der Waals surface area contributed by atoms with E-state index >= 15 is 0 Å². The van der Waals surface area contributed by atoms with Gasteiger partial charge in [0.05, 0.1) is 0 Å². The Balaban J connectivity index is 1.66. The van der Waals surface area contributed by atoms with Gasteiger partial charge in [0.2, 0.25) is 0 Å². The highest BCUT2D eigenvalue weighted by molar-refractivity contribution is 5.93.